The number of esters is 1. The highest BCUT2D eigenvalue weighted by Gasteiger charge is 2.26. The number of rotatable bonds is 6. The summed E-state index contributed by atoms with van der Waals surface area (Å²) in [5, 5.41) is 0. The maximum atomic E-state index is 12.3. The Morgan fingerprint density at radius 3 is 1.96 bits per heavy atom. The molecule has 0 fully saturated rings. The summed E-state index contributed by atoms with van der Waals surface area (Å²) in [6, 6.07) is 14.9. The van der Waals surface area contributed by atoms with Crippen LogP contribution in [0.1, 0.15) is 34.8 Å². The lowest BCUT2D eigenvalue weighted by molar-refractivity contribution is 0.0734. The molecule has 0 heterocycles. The van der Waals surface area contributed by atoms with E-state index in [0.29, 0.717) is 16.9 Å². The van der Waals surface area contributed by atoms with E-state index in [1.807, 2.05) is 12.1 Å². The monoisotopic (exact) mass is 342 g/mol. The van der Waals surface area contributed by atoms with Gasteiger partial charge in [-0.2, -0.15) is 0 Å². The third kappa shape index (κ3) is 4.48. The molecule has 2 aromatic rings. The van der Waals surface area contributed by atoms with Crippen molar-refractivity contribution in [1.29, 1.82) is 0 Å². The molecule has 3 nitrogen and oxygen atoms in total. The van der Waals surface area contributed by atoms with Crippen molar-refractivity contribution in [2.24, 2.45) is 0 Å². The van der Waals surface area contributed by atoms with Crippen molar-refractivity contribution in [1.82, 2.24) is 0 Å². The lowest BCUT2D eigenvalue weighted by Crippen LogP contribution is -2.30. The molecule has 0 saturated carbocycles. The number of benzene rings is 2. The van der Waals surface area contributed by atoms with Crippen molar-refractivity contribution in [3.05, 3.63) is 59.7 Å². The molecule has 0 radical (unpaired) electrons. The molecule has 4 heteroatoms. The maximum absolute atomic E-state index is 12.3. The van der Waals surface area contributed by atoms with Gasteiger partial charge < -0.3 is 9.47 Å². The van der Waals surface area contributed by atoms with Gasteiger partial charge in [0.25, 0.3) is 0 Å². The molecule has 0 aliphatic heterocycles. The summed E-state index contributed by atoms with van der Waals surface area (Å²) in [4.78, 5) is 12.3. The predicted octanol–water partition coefficient (Wildman–Crippen LogP) is 5.29. The maximum Gasteiger partial charge on any atom is 0.343 e. The quantitative estimate of drug-likeness (QED) is 0.407. The number of ether oxygens (including phenoxy) is 2. The van der Waals surface area contributed by atoms with Crippen LogP contribution in [0.15, 0.2) is 48.5 Å². The SMILES string of the molecule is CCC(c1ccc(C(=O)Oc2ccc(OC)cc2)cc1)[Si](C)(C)C. The normalized spacial score (nSPS) is 12.5. The van der Waals surface area contributed by atoms with Crippen LogP contribution in [0.3, 0.4) is 0 Å². The van der Waals surface area contributed by atoms with E-state index in [-0.39, 0.29) is 5.97 Å². The van der Waals surface area contributed by atoms with Crippen molar-refractivity contribution in [3.63, 3.8) is 0 Å². The van der Waals surface area contributed by atoms with Crippen molar-refractivity contribution in [2.75, 3.05) is 7.11 Å². The van der Waals surface area contributed by atoms with Crippen LogP contribution in [0.5, 0.6) is 11.5 Å². The average Bonchev–Trinajstić information content (AvgIpc) is 2.55. The van der Waals surface area contributed by atoms with Gasteiger partial charge in [0.15, 0.2) is 0 Å². The molecule has 0 spiro atoms. The van der Waals surface area contributed by atoms with Crippen LogP contribution in [-0.2, 0) is 0 Å². The number of carbonyl (C=O) groups is 1. The summed E-state index contributed by atoms with van der Waals surface area (Å²) < 4.78 is 10.5. The number of hydrogen-bond acceptors (Lipinski definition) is 3. The Labute approximate surface area is 145 Å². The fourth-order valence-electron chi connectivity index (χ4n) is 3.01. The largest absolute Gasteiger partial charge is 0.497 e. The molecule has 0 amide bonds. The smallest absolute Gasteiger partial charge is 0.343 e. The summed E-state index contributed by atoms with van der Waals surface area (Å²) in [5.41, 5.74) is 2.49. The Balaban J connectivity index is 2.10. The van der Waals surface area contributed by atoms with E-state index in [1.54, 1.807) is 31.4 Å². The Hall–Kier alpha value is -2.07. The third-order valence-electron chi connectivity index (χ3n) is 4.27. The molecule has 2 aromatic carbocycles. The zero-order valence-corrected chi connectivity index (χ0v) is 16.1. The summed E-state index contributed by atoms with van der Waals surface area (Å²) in [6.45, 7) is 9.38. The van der Waals surface area contributed by atoms with Gasteiger partial charge in [-0.05, 0) is 47.5 Å². The first-order valence-corrected chi connectivity index (χ1v) is 11.9. The second-order valence-corrected chi connectivity index (χ2v) is 12.4. The molecular formula is C20H26O3Si. The molecule has 1 unspecified atom stereocenters. The summed E-state index contributed by atoms with van der Waals surface area (Å²) in [6.07, 6.45) is 1.13. The van der Waals surface area contributed by atoms with Crippen LogP contribution in [0.2, 0.25) is 19.6 Å². The Bertz CT molecular complexity index is 670. The fraction of sp³-hybridized carbons (Fsp3) is 0.350. The standard InChI is InChI=1S/C20H26O3Si/c1-6-19(24(3,4)5)15-7-9-16(10-8-15)20(21)23-18-13-11-17(22-2)12-14-18/h7-14,19H,6H2,1-5H3. The summed E-state index contributed by atoms with van der Waals surface area (Å²) >= 11 is 0. The van der Waals surface area contributed by atoms with Crippen molar-refractivity contribution in [3.8, 4) is 11.5 Å². The first kappa shape index (κ1) is 18.3. The zero-order valence-electron chi connectivity index (χ0n) is 15.1. The van der Waals surface area contributed by atoms with E-state index in [4.69, 9.17) is 9.47 Å². The van der Waals surface area contributed by atoms with Crippen LogP contribution in [0, 0.1) is 0 Å². The van der Waals surface area contributed by atoms with Gasteiger partial charge in [-0.25, -0.2) is 4.79 Å². The Morgan fingerprint density at radius 1 is 0.958 bits per heavy atom. The van der Waals surface area contributed by atoms with E-state index in [1.165, 1.54) is 5.56 Å². The summed E-state index contributed by atoms with van der Waals surface area (Å²) in [7, 11) is 0.334. The topological polar surface area (TPSA) is 35.5 Å². The van der Waals surface area contributed by atoms with Gasteiger partial charge >= 0.3 is 5.97 Å². The predicted molar refractivity (Wildman–Crippen MR) is 101 cm³/mol. The molecule has 24 heavy (non-hydrogen) atoms. The first-order chi connectivity index (χ1) is 11.3. The molecule has 0 N–H and O–H groups in total. The fourth-order valence-corrected chi connectivity index (χ4v) is 5.43. The number of carbonyl (C=O) groups excluding carboxylic acids is 1. The third-order valence-corrected chi connectivity index (χ3v) is 7.10. The van der Waals surface area contributed by atoms with Crippen LogP contribution < -0.4 is 9.47 Å². The van der Waals surface area contributed by atoms with Gasteiger partial charge in [-0.3, -0.25) is 0 Å². The minimum absolute atomic E-state index is 0.340. The minimum Gasteiger partial charge on any atom is -0.497 e. The van der Waals surface area contributed by atoms with Gasteiger partial charge in [0.1, 0.15) is 11.5 Å². The van der Waals surface area contributed by atoms with Crippen molar-refractivity contribution in [2.45, 2.75) is 38.5 Å². The van der Waals surface area contributed by atoms with Crippen molar-refractivity contribution >= 4 is 14.0 Å². The second kappa shape index (κ2) is 7.66. The first-order valence-electron chi connectivity index (χ1n) is 8.31. The van der Waals surface area contributed by atoms with Gasteiger partial charge in [0.2, 0.25) is 0 Å². The van der Waals surface area contributed by atoms with Crippen LogP contribution in [0.25, 0.3) is 0 Å². The Kier molecular flexibility index (Phi) is 5.83. The highest BCUT2D eigenvalue weighted by molar-refractivity contribution is 6.77. The number of methoxy groups -OCH3 is 1. The average molecular weight is 343 g/mol. The molecule has 0 aliphatic carbocycles. The van der Waals surface area contributed by atoms with E-state index in [0.717, 1.165) is 12.2 Å². The van der Waals surface area contributed by atoms with E-state index in [9.17, 15) is 4.79 Å². The minimum atomic E-state index is -1.27. The van der Waals surface area contributed by atoms with Gasteiger partial charge in [0, 0.05) is 0 Å². The van der Waals surface area contributed by atoms with E-state index in [2.05, 4.69) is 38.7 Å². The molecule has 1 atom stereocenters. The van der Waals surface area contributed by atoms with E-state index < -0.39 is 8.07 Å². The number of hydrogen-bond donors (Lipinski definition) is 0. The van der Waals surface area contributed by atoms with Gasteiger partial charge in [-0.1, -0.05) is 45.1 Å². The Morgan fingerprint density at radius 2 is 1.50 bits per heavy atom. The van der Waals surface area contributed by atoms with Crippen LogP contribution in [-0.4, -0.2) is 21.2 Å². The second-order valence-electron chi connectivity index (χ2n) is 7.01. The van der Waals surface area contributed by atoms with Crippen LogP contribution >= 0.6 is 0 Å². The van der Waals surface area contributed by atoms with Crippen LogP contribution in [0.4, 0.5) is 0 Å². The van der Waals surface area contributed by atoms with E-state index >= 15 is 0 Å². The lowest BCUT2D eigenvalue weighted by Gasteiger charge is -2.28. The lowest BCUT2D eigenvalue weighted by atomic mass is 10.1. The zero-order chi connectivity index (χ0) is 17.7. The molecule has 2 rings (SSSR count). The highest BCUT2D eigenvalue weighted by atomic mass is 28.3. The molecular weight excluding hydrogens is 316 g/mol. The molecule has 128 valence electrons. The van der Waals surface area contributed by atoms with Crippen molar-refractivity contribution < 1.29 is 14.3 Å². The van der Waals surface area contributed by atoms with Gasteiger partial charge in [-0.15, -0.1) is 0 Å². The molecule has 0 bridgehead atoms. The molecule has 0 saturated heterocycles. The molecule has 0 aromatic heterocycles. The highest BCUT2D eigenvalue weighted by Crippen LogP contribution is 2.30. The summed E-state index contributed by atoms with van der Waals surface area (Å²) in [5.74, 6) is 0.905. The molecule has 0 aliphatic rings. The van der Waals surface area contributed by atoms with Gasteiger partial charge in [0.05, 0.1) is 20.7 Å².